The first-order valence-electron chi connectivity index (χ1n) is 5.88. The summed E-state index contributed by atoms with van der Waals surface area (Å²) >= 11 is 0. The van der Waals surface area contributed by atoms with Gasteiger partial charge in [0.15, 0.2) is 0 Å². The molecular weight excluding hydrogens is 254 g/mol. The molecule has 1 aromatic heterocycles. The van der Waals surface area contributed by atoms with Crippen molar-refractivity contribution in [1.82, 2.24) is 14.2 Å². The van der Waals surface area contributed by atoms with Gasteiger partial charge in [0.2, 0.25) is 10.0 Å². The molecule has 2 heterocycles. The Bertz CT molecular complexity index is 484. The van der Waals surface area contributed by atoms with Gasteiger partial charge in [-0.2, -0.15) is 4.31 Å². The van der Waals surface area contributed by atoms with E-state index in [0.717, 1.165) is 0 Å². The molecule has 102 valence electrons. The van der Waals surface area contributed by atoms with Gasteiger partial charge in [0, 0.05) is 31.5 Å². The van der Waals surface area contributed by atoms with Gasteiger partial charge in [-0.15, -0.1) is 0 Å². The SMILES string of the molecule is CN(C)CC1CC(O)CN1S(=O)(=O)c1cc[nH]c1. The number of aromatic amines is 1. The number of aliphatic hydroxyl groups excluding tert-OH is 1. The summed E-state index contributed by atoms with van der Waals surface area (Å²) in [6.07, 6.45) is 2.96. The lowest BCUT2D eigenvalue weighted by Crippen LogP contribution is -2.41. The minimum atomic E-state index is -3.51. The van der Waals surface area contributed by atoms with Gasteiger partial charge in [0.25, 0.3) is 0 Å². The number of hydrogen-bond acceptors (Lipinski definition) is 4. The molecular formula is C11H19N3O3S. The Morgan fingerprint density at radius 2 is 2.28 bits per heavy atom. The van der Waals surface area contributed by atoms with E-state index in [4.69, 9.17) is 0 Å². The lowest BCUT2D eigenvalue weighted by molar-refractivity contribution is 0.188. The van der Waals surface area contributed by atoms with E-state index < -0.39 is 16.1 Å². The standard InChI is InChI=1S/C11H19N3O3S/c1-13(2)7-9-5-10(15)8-14(9)18(16,17)11-3-4-12-6-11/h3-4,6,9-10,12,15H,5,7-8H2,1-2H3. The number of sulfonamides is 1. The minimum Gasteiger partial charge on any atom is -0.392 e. The van der Waals surface area contributed by atoms with Crippen LogP contribution in [0.1, 0.15) is 6.42 Å². The highest BCUT2D eigenvalue weighted by Crippen LogP contribution is 2.26. The first kappa shape index (κ1) is 13.5. The van der Waals surface area contributed by atoms with Crippen molar-refractivity contribution in [3.8, 4) is 0 Å². The summed E-state index contributed by atoms with van der Waals surface area (Å²) in [6.45, 7) is 0.784. The first-order chi connectivity index (χ1) is 8.41. The zero-order chi connectivity index (χ0) is 13.3. The van der Waals surface area contributed by atoms with Gasteiger partial charge in [-0.1, -0.05) is 0 Å². The largest absolute Gasteiger partial charge is 0.392 e. The molecule has 0 radical (unpaired) electrons. The number of aliphatic hydroxyl groups is 1. The predicted molar refractivity (Wildman–Crippen MR) is 67.7 cm³/mol. The van der Waals surface area contributed by atoms with Gasteiger partial charge in [0.1, 0.15) is 0 Å². The van der Waals surface area contributed by atoms with E-state index in [2.05, 4.69) is 4.98 Å². The van der Waals surface area contributed by atoms with Crippen molar-refractivity contribution in [3.63, 3.8) is 0 Å². The molecule has 7 heteroatoms. The van der Waals surface area contributed by atoms with Gasteiger partial charge in [-0.3, -0.25) is 0 Å². The van der Waals surface area contributed by atoms with Crippen LogP contribution < -0.4 is 0 Å². The van der Waals surface area contributed by atoms with E-state index in [1.54, 1.807) is 6.20 Å². The maximum Gasteiger partial charge on any atom is 0.244 e. The highest BCUT2D eigenvalue weighted by Gasteiger charge is 2.39. The molecule has 2 N–H and O–H groups in total. The second-order valence-corrected chi connectivity index (χ2v) is 6.82. The predicted octanol–water partition coefficient (Wildman–Crippen LogP) is -0.300. The Hall–Kier alpha value is -0.890. The monoisotopic (exact) mass is 273 g/mol. The number of β-amino-alcohol motifs (C(OH)–C–C–N with tert-alkyl or cyclic N) is 1. The van der Waals surface area contributed by atoms with E-state index >= 15 is 0 Å². The second-order valence-electron chi connectivity index (χ2n) is 4.93. The molecule has 1 aliphatic heterocycles. The Balaban J connectivity index is 2.25. The summed E-state index contributed by atoms with van der Waals surface area (Å²) in [5.41, 5.74) is 0. The highest BCUT2D eigenvalue weighted by molar-refractivity contribution is 7.89. The van der Waals surface area contributed by atoms with Crippen LogP contribution in [-0.4, -0.2) is 67.0 Å². The molecule has 1 aromatic rings. The van der Waals surface area contributed by atoms with Gasteiger partial charge >= 0.3 is 0 Å². The third kappa shape index (κ3) is 2.59. The number of H-pyrrole nitrogens is 1. The molecule has 2 rings (SSSR count). The molecule has 0 bridgehead atoms. The molecule has 2 atom stereocenters. The Morgan fingerprint density at radius 1 is 1.56 bits per heavy atom. The number of hydrogen-bond donors (Lipinski definition) is 2. The summed E-state index contributed by atoms with van der Waals surface area (Å²) in [4.78, 5) is 4.93. The topological polar surface area (TPSA) is 76.6 Å². The van der Waals surface area contributed by atoms with Crippen molar-refractivity contribution < 1.29 is 13.5 Å². The zero-order valence-corrected chi connectivity index (χ0v) is 11.4. The van der Waals surface area contributed by atoms with Crippen LogP contribution in [0.15, 0.2) is 23.4 Å². The lowest BCUT2D eigenvalue weighted by atomic mass is 10.2. The van der Waals surface area contributed by atoms with E-state index in [1.807, 2.05) is 19.0 Å². The van der Waals surface area contributed by atoms with E-state index in [1.165, 1.54) is 16.6 Å². The zero-order valence-electron chi connectivity index (χ0n) is 10.6. The van der Waals surface area contributed by atoms with Gasteiger partial charge in [0.05, 0.1) is 11.0 Å². The van der Waals surface area contributed by atoms with Crippen molar-refractivity contribution >= 4 is 10.0 Å². The van der Waals surface area contributed by atoms with Crippen LogP contribution in [0.3, 0.4) is 0 Å². The molecule has 0 aliphatic carbocycles. The van der Waals surface area contributed by atoms with Crippen LogP contribution in [0.5, 0.6) is 0 Å². The highest BCUT2D eigenvalue weighted by atomic mass is 32.2. The molecule has 1 saturated heterocycles. The molecule has 0 amide bonds. The van der Waals surface area contributed by atoms with Crippen LogP contribution in [0, 0.1) is 0 Å². The van der Waals surface area contributed by atoms with E-state index in [0.29, 0.717) is 13.0 Å². The van der Waals surface area contributed by atoms with Crippen LogP contribution >= 0.6 is 0 Å². The van der Waals surface area contributed by atoms with Crippen LogP contribution in [0.4, 0.5) is 0 Å². The third-order valence-electron chi connectivity index (χ3n) is 3.09. The fraction of sp³-hybridized carbons (Fsp3) is 0.636. The molecule has 0 saturated carbocycles. The Labute approximate surface area is 107 Å². The normalized spacial score (nSPS) is 26.0. The number of rotatable bonds is 4. The van der Waals surface area contributed by atoms with E-state index in [9.17, 15) is 13.5 Å². The van der Waals surface area contributed by atoms with E-state index in [-0.39, 0.29) is 17.5 Å². The van der Waals surface area contributed by atoms with Crippen molar-refractivity contribution in [1.29, 1.82) is 0 Å². The maximum atomic E-state index is 12.4. The quantitative estimate of drug-likeness (QED) is 0.790. The third-order valence-corrected chi connectivity index (χ3v) is 5.01. The Kier molecular flexibility index (Phi) is 3.76. The lowest BCUT2D eigenvalue weighted by Gasteiger charge is -2.25. The smallest absolute Gasteiger partial charge is 0.244 e. The van der Waals surface area contributed by atoms with Crippen molar-refractivity contribution in [2.45, 2.75) is 23.5 Å². The number of likely N-dealkylation sites (N-methyl/N-ethyl adjacent to an activating group) is 1. The van der Waals surface area contributed by atoms with Gasteiger partial charge < -0.3 is 15.0 Å². The number of nitrogens with zero attached hydrogens (tertiary/aromatic N) is 2. The Morgan fingerprint density at radius 3 is 2.83 bits per heavy atom. The van der Waals surface area contributed by atoms with Crippen molar-refractivity contribution in [2.75, 3.05) is 27.2 Å². The minimum absolute atomic E-state index is 0.171. The van der Waals surface area contributed by atoms with Crippen molar-refractivity contribution in [3.05, 3.63) is 18.5 Å². The average Bonchev–Trinajstić information content (AvgIpc) is 2.86. The maximum absolute atomic E-state index is 12.4. The molecule has 18 heavy (non-hydrogen) atoms. The van der Waals surface area contributed by atoms with Crippen LogP contribution in [0.2, 0.25) is 0 Å². The average molecular weight is 273 g/mol. The number of nitrogens with one attached hydrogen (secondary N) is 1. The second kappa shape index (κ2) is 5.00. The number of aromatic nitrogens is 1. The first-order valence-corrected chi connectivity index (χ1v) is 7.32. The van der Waals surface area contributed by atoms with Crippen LogP contribution in [-0.2, 0) is 10.0 Å². The summed E-state index contributed by atoms with van der Waals surface area (Å²) in [5.74, 6) is 0. The van der Waals surface area contributed by atoms with Gasteiger partial charge in [-0.25, -0.2) is 8.42 Å². The molecule has 2 unspecified atom stereocenters. The summed E-state index contributed by atoms with van der Waals surface area (Å²) in [6, 6.07) is 1.36. The molecule has 1 fully saturated rings. The molecule has 0 aromatic carbocycles. The van der Waals surface area contributed by atoms with Crippen molar-refractivity contribution in [2.24, 2.45) is 0 Å². The molecule has 1 aliphatic rings. The van der Waals surface area contributed by atoms with Gasteiger partial charge in [-0.05, 0) is 26.6 Å². The fourth-order valence-corrected chi connectivity index (χ4v) is 3.99. The van der Waals surface area contributed by atoms with Crippen LogP contribution in [0.25, 0.3) is 0 Å². The molecule has 6 nitrogen and oxygen atoms in total. The molecule has 0 spiro atoms. The summed E-state index contributed by atoms with van der Waals surface area (Å²) < 4.78 is 26.2. The fourth-order valence-electron chi connectivity index (χ4n) is 2.35. The summed E-state index contributed by atoms with van der Waals surface area (Å²) in [7, 11) is 0.282. The summed E-state index contributed by atoms with van der Waals surface area (Å²) in [5, 5.41) is 9.71.